The maximum absolute atomic E-state index is 11.9. The summed E-state index contributed by atoms with van der Waals surface area (Å²) in [5, 5.41) is 6.40. The average molecular weight is 295 g/mol. The third-order valence-corrected chi connectivity index (χ3v) is 3.19. The summed E-state index contributed by atoms with van der Waals surface area (Å²) in [5.74, 6) is -1.30. The number of nitrogens with zero attached hydrogens (tertiary/aromatic N) is 2. The maximum Gasteiger partial charge on any atom is 0.317 e. The van der Waals surface area contributed by atoms with E-state index in [-0.39, 0.29) is 24.6 Å². The van der Waals surface area contributed by atoms with Crippen molar-refractivity contribution in [2.24, 2.45) is 11.0 Å². The second kappa shape index (κ2) is 6.05. The van der Waals surface area contributed by atoms with Crippen molar-refractivity contribution < 1.29 is 14.3 Å². The number of benzene rings is 1. The number of carbonyl (C=O) groups excluding carboxylic acids is 2. The molecular formula is C14H15ClN2O3. The van der Waals surface area contributed by atoms with Crippen LogP contribution in [0.3, 0.4) is 0 Å². The van der Waals surface area contributed by atoms with Crippen LogP contribution in [0.2, 0.25) is 5.02 Å². The van der Waals surface area contributed by atoms with Crippen LogP contribution in [-0.4, -0.2) is 30.6 Å². The highest BCUT2D eigenvalue weighted by atomic mass is 35.5. The van der Waals surface area contributed by atoms with Gasteiger partial charge in [0, 0.05) is 11.9 Å². The summed E-state index contributed by atoms with van der Waals surface area (Å²) in [7, 11) is 0. The number of hydrogen-bond donors (Lipinski definition) is 0. The summed E-state index contributed by atoms with van der Waals surface area (Å²) in [6.07, 6.45) is 0. The summed E-state index contributed by atoms with van der Waals surface area (Å²) >= 11 is 5.94. The number of ketones is 1. The van der Waals surface area contributed by atoms with Gasteiger partial charge < -0.3 is 4.74 Å². The van der Waals surface area contributed by atoms with Gasteiger partial charge in [-0.2, -0.15) is 5.10 Å². The Morgan fingerprint density at radius 2 is 2.25 bits per heavy atom. The molecule has 0 unspecified atom stereocenters. The Hall–Kier alpha value is -1.88. The number of hydrogen-bond acceptors (Lipinski definition) is 5. The highest BCUT2D eigenvalue weighted by Crippen LogP contribution is 2.26. The number of carbonyl (C=O) groups is 2. The molecule has 1 aromatic rings. The lowest BCUT2D eigenvalue weighted by molar-refractivity contribution is -0.145. The summed E-state index contributed by atoms with van der Waals surface area (Å²) in [4.78, 5) is 23.5. The van der Waals surface area contributed by atoms with Crippen molar-refractivity contribution in [1.82, 2.24) is 0 Å². The fourth-order valence-electron chi connectivity index (χ4n) is 2.04. The lowest BCUT2D eigenvalue weighted by Crippen LogP contribution is -2.31. The molecule has 0 saturated carbocycles. The molecule has 0 bridgehead atoms. The Labute approximate surface area is 122 Å². The number of hydrazone groups is 1. The van der Waals surface area contributed by atoms with Gasteiger partial charge in [0.1, 0.15) is 11.6 Å². The molecule has 0 fully saturated rings. The molecule has 0 radical (unpaired) electrons. The summed E-state index contributed by atoms with van der Waals surface area (Å²) in [6, 6.07) is 7.09. The third kappa shape index (κ3) is 2.99. The van der Waals surface area contributed by atoms with Crippen LogP contribution in [0.1, 0.15) is 13.8 Å². The van der Waals surface area contributed by atoms with Crippen LogP contribution in [0, 0.1) is 5.92 Å². The zero-order valence-corrected chi connectivity index (χ0v) is 12.1. The third-order valence-electron chi connectivity index (χ3n) is 2.95. The Morgan fingerprint density at radius 3 is 2.85 bits per heavy atom. The summed E-state index contributed by atoms with van der Waals surface area (Å²) < 4.78 is 4.99. The first-order valence-corrected chi connectivity index (χ1v) is 6.70. The zero-order valence-electron chi connectivity index (χ0n) is 11.3. The van der Waals surface area contributed by atoms with Gasteiger partial charge in [-0.3, -0.25) is 14.6 Å². The smallest absolute Gasteiger partial charge is 0.317 e. The SMILES string of the molecule is CCOC(=O)[C@@H]1CN(c2cccc(Cl)c2)N=C1C(C)=O. The molecule has 0 saturated heterocycles. The van der Waals surface area contributed by atoms with Crippen LogP contribution in [-0.2, 0) is 14.3 Å². The van der Waals surface area contributed by atoms with Crippen molar-refractivity contribution in [2.75, 3.05) is 18.2 Å². The Balaban J connectivity index is 2.27. The Kier molecular flexibility index (Phi) is 4.39. The first-order chi connectivity index (χ1) is 9.52. The van der Waals surface area contributed by atoms with E-state index in [1.165, 1.54) is 6.92 Å². The minimum atomic E-state index is -0.647. The van der Waals surface area contributed by atoms with Crippen LogP contribution in [0.5, 0.6) is 0 Å². The normalized spacial score (nSPS) is 17.9. The van der Waals surface area contributed by atoms with E-state index in [1.807, 2.05) is 6.07 Å². The quantitative estimate of drug-likeness (QED) is 0.800. The van der Waals surface area contributed by atoms with Gasteiger partial charge in [0.2, 0.25) is 0 Å². The van der Waals surface area contributed by atoms with Gasteiger partial charge >= 0.3 is 5.97 Å². The molecule has 1 atom stereocenters. The van der Waals surface area contributed by atoms with Crippen LogP contribution in [0.4, 0.5) is 5.69 Å². The van der Waals surface area contributed by atoms with E-state index in [2.05, 4.69) is 5.10 Å². The minimum Gasteiger partial charge on any atom is -0.465 e. The van der Waals surface area contributed by atoms with Gasteiger partial charge in [-0.15, -0.1) is 0 Å². The fraction of sp³-hybridized carbons (Fsp3) is 0.357. The number of halogens is 1. The number of ether oxygens (including phenoxy) is 1. The van der Waals surface area contributed by atoms with Gasteiger partial charge in [0.25, 0.3) is 0 Å². The van der Waals surface area contributed by atoms with Crippen LogP contribution in [0.25, 0.3) is 0 Å². The van der Waals surface area contributed by atoms with Crippen molar-refractivity contribution in [3.8, 4) is 0 Å². The molecule has 0 aromatic heterocycles. The zero-order chi connectivity index (χ0) is 14.7. The van der Waals surface area contributed by atoms with Gasteiger partial charge in [0.15, 0.2) is 5.78 Å². The molecule has 106 valence electrons. The molecule has 0 amide bonds. The monoisotopic (exact) mass is 294 g/mol. The second-order valence-electron chi connectivity index (χ2n) is 4.41. The predicted octanol–water partition coefficient (Wildman–Crippen LogP) is 2.28. The van der Waals surface area contributed by atoms with E-state index < -0.39 is 11.9 Å². The molecule has 2 rings (SSSR count). The van der Waals surface area contributed by atoms with E-state index in [0.717, 1.165) is 5.69 Å². The lowest BCUT2D eigenvalue weighted by Gasteiger charge is -2.15. The number of rotatable bonds is 4. The van der Waals surface area contributed by atoms with Crippen molar-refractivity contribution in [1.29, 1.82) is 0 Å². The largest absolute Gasteiger partial charge is 0.465 e. The summed E-state index contributed by atoms with van der Waals surface area (Å²) in [6.45, 7) is 3.68. The van der Waals surface area contributed by atoms with E-state index in [0.29, 0.717) is 5.02 Å². The average Bonchev–Trinajstić information content (AvgIpc) is 2.84. The second-order valence-corrected chi connectivity index (χ2v) is 4.84. The molecular weight excluding hydrogens is 280 g/mol. The molecule has 0 aliphatic carbocycles. The molecule has 1 heterocycles. The number of Topliss-reactive ketones (excluding diaryl/α,β-unsaturated/α-hetero) is 1. The predicted molar refractivity (Wildman–Crippen MR) is 77.0 cm³/mol. The van der Waals surface area contributed by atoms with E-state index >= 15 is 0 Å². The molecule has 6 heteroatoms. The van der Waals surface area contributed by atoms with Crippen LogP contribution in [0.15, 0.2) is 29.4 Å². The van der Waals surface area contributed by atoms with Crippen molar-refractivity contribution in [3.05, 3.63) is 29.3 Å². The van der Waals surface area contributed by atoms with E-state index in [4.69, 9.17) is 16.3 Å². The minimum absolute atomic E-state index is 0.225. The molecule has 5 nitrogen and oxygen atoms in total. The maximum atomic E-state index is 11.9. The summed E-state index contributed by atoms with van der Waals surface area (Å²) in [5.41, 5.74) is 0.964. The van der Waals surface area contributed by atoms with Gasteiger partial charge in [-0.25, -0.2) is 0 Å². The number of esters is 1. The Bertz CT molecular complexity index is 571. The molecule has 1 aliphatic heterocycles. The molecule has 0 spiro atoms. The van der Waals surface area contributed by atoms with E-state index in [9.17, 15) is 9.59 Å². The van der Waals surface area contributed by atoms with Crippen molar-refractivity contribution >= 4 is 34.8 Å². The fourth-order valence-corrected chi connectivity index (χ4v) is 2.23. The molecule has 20 heavy (non-hydrogen) atoms. The molecule has 1 aromatic carbocycles. The van der Waals surface area contributed by atoms with Crippen molar-refractivity contribution in [2.45, 2.75) is 13.8 Å². The number of anilines is 1. The van der Waals surface area contributed by atoms with Gasteiger partial charge in [-0.1, -0.05) is 17.7 Å². The Morgan fingerprint density at radius 1 is 1.50 bits per heavy atom. The van der Waals surface area contributed by atoms with E-state index in [1.54, 1.807) is 30.1 Å². The highest BCUT2D eigenvalue weighted by Gasteiger charge is 2.36. The highest BCUT2D eigenvalue weighted by molar-refractivity contribution is 6.43. The van der Waals surface area contributed by atoms with Crippen molar-refractivity contribution in [3.63, 3.8) is 0 Å². The first-order valence-electron chi connectivity index (χ1n) is 6.32. The van der Waals surface area contributed by atoms with Crippen LogP contribution < -0.4 is 5.01 Å². The van der Waals surface area contributed by atoms with Gasteiger partial charge in [0.05, 0.1) is 18.8 Å². The molecule has 0 N–H and O–H groups in total. The standard InChI is InChI=1S/C14H15ClN2O3/c1-3-20-14(19)12-8-17(16-13(12)9(2)18)11-6-4-5-10(15)7-11/h4-7,12H,3,8H2,1-2H3/t12-/m1/s1. The van der Waals surface area contributed by atoms with Crippen LogP contribution >= 0.6 is 11.6 Å². The topological polar surface area (TPSA) is 59.0 Å². The lowest BCUT2D eigenvalue weighted by atomic mass is 10.0. The van der Waals surface area contributed by atoms with Gasteiger partial charge in [-0.05, 0) is 25.1 Å². The first kappa shape index (κ1) is 14.5. The molecule has 1 aliphatic rings.